The van der Waals surface area contributed by atoms with Gasteiger partial charge in [0.25, 0.3) is 0 Å². The first-order valence-corrected chi connectivity index (χ1v) is 8.02. The summed E-state index contributed by atoms with van der Waals surface area (Å²) in [6.07, 6.45) is 0.165. The van der Waals surface area contributed by atoms with Crippen LogP contribution in [0.2, 0.25) is 0 Å². The zero-order chi connectivity index (χ0) is 18.2. The Kier molecular flexibility index (Phi) is 6.43. The first-order chi connectivity index (χ1) is 12.1. The highest BCUT2D eigenvalue weighted by Gasteiger charge is 2.28. The molecule has 0 aromatic carbocycles. The number of methoxy groups -OCH3 is 2. The SMILES string of the molecule is COC(=O)C(CCC(C(=O)OC)n1nnc(-c2cccs2)n1)N=[N+]=[N-]. The summed E-state index contributed by atoms with van der Waals surface area (Å²) >= 11 is 1.44. The van der Waals surface area contributed by atoms with E-state index in [1.807, 2.05) is 17.5 Å². The van der Waals surface area contributed by atoms with Gasteiger partial charge < -0.3 is 9.47 Å². The third kappa shape index (κ3) is 4.52. The van der Waals surface area contributed by atoms with E-state index in [4.69, 9.17) is 10.3 Å². The predicted octanol–water partition coefficient (Wildman–Crippen LogP) is 1.75. The topological polar surface area (TPSA) is 145 Å². The Morgan fingerprint density at radius 2 is 2.12 bits per heavy atom. The second-order valence-electron chi connectivity index (χ2n) is 4.77. The van der Waals surface area contributed by atoms with E-state index in [2.05, 4.69) is 30.2 Å². The lowest BCUT2D eigenvalue weighted by Gasteiger charge is -2.15. The van der Waals surface area contributed by atoms with Gasteiger partial charge in [-0.2, -0.15) is 0 Å². The normalized spacial score (nSPS) is 12.7. The molecule has 0 spiro atoms. The Hall–Kier alpha value is -2.98. The Labute approximate surface area is 146 Å². The van der Waals surface area contributed by atoms with E-state index in [1.54, 1.807) is 0 Å². The van der Waals surface area contributed by atoms with Gasteiger partial charge in [-0.25, -0.2) is 4.79 Å². The second kappa shape index (κ2) is 8.76. The molecular formula is C13H15N7O4S. The number of ether oxygens (including phenoxy) is 2. The minimum Gasteiger partial charge on any atom is -0.469 e. The summed E-state index contributed by atoms with van der Waals surface area (Å²) in [6, 6.07) is 1.71. The number of nitrogens with zero attached hydrogens (tertiary/aromatic N) is 7. The maximum atomic E-state index is 12.1. The minimum atomic E-state index is -1.05. The van der Waals surface area contributed by atoms with Gasteiger partial charge in [0, 0.05) is 4.91 Å². The van der Waals surface area contributed by atoms with Crippen molar-refractivity contribution in [3.63, 3.8) is 0 Å². The fourth-order valence-corrected chi connectivity index (χ4v) is 2.71. The third-order valence-electron chi connectivity index (χ3n) is 3.30. The van der Waals surface area contributed by atoms with Gasteiger partial charge >= 0.3 is 11.9 Å². The van der Waals surface area contributed by atoms with Crippen molar-refractivity contribution < 1.29 is 19.1 Å². The largest absolute Gasteiger partial charge is 0.469 e. The van der Waals surface area contributed by atoms with Crippen LogP contribution >= 0.6 is 11.3 Å². The lowest BCUT2D eigenvalue weighted by molar-refractivity contribution is -0.147. The Morgan fingerprint density at radius 1 is 1.36 bits per heavy atom. The lowest BCUT2D eigenvalue weighted by atomic mass is 10.1. The van der Waals surface area contributed by atoms with Crippen molar-refractivity contribution in [3.05, 3.63) is 28.0 Å². The first kappa shape index (κ1) is 18.4. The molecule has 2 unspecified atom stereocenters. The molecule has 0 aliphatic carbocycles. The van der Waals surface area contributed by atoms with Gasteiger partial charge in [-0.3, -0.25) is 4.79 Å². The van der Waals surface area contributed by atoms with Gasteiger partial charge in [-0.1, -0.05) is 11.2 Å². The molecule has 0 radical (unpaired) electrons. The molecule has 2 heterocycles. The van der Waals surface area contributed by atoms with Gasteiger partial charge in [-0.15, -0.1) is 26.3 Å². The summed E-state index contributed by atoms with van der Waals surface area (Å²) in [6.45, 7) is 0. The lowest BCUT2D eigenvalue weighted by Crippen LogP contribution is -2.27. The highest BCUT2D eigenvalue weighted by atomic mass is 32.1. The molecular weight excluding hydrogens is 350 g/mol. The first-order valence-electron chi connectivity index (χ1n) is 7.14. The van der Waals surface area contributed by atoms with Gasteiger partial charge in [0.1, 0.15) is 6.04 Å². The zero-order valence-electron chi connectivity index (χ0n) is 13.5. The van der Waals surface area contributed by atoms with E-state index < -0.39 is 24.0 Å². The fraction of sp³-hybridized carbons (Fsp3) is 0.462. The van der Waals surface area contributed by atoms with Crippen LogP contribution in [-0.2, 0) is 19.1 Å². The molecule has 0 saturated heterocycles. The maximum absolute atomic E-state index is 12.1. The molecule has 0 bridgehead atoms. The Balaban J connectivity index is 2.18. The molecule has 11 nitrogen and oxygen atoms in total. The van der Waals surface area contributed by atoms with Crippen LogP contribution in [0.1, 0.15) is 18.9 Å². The van der Waals surface area contributed by atoms with Crippen LogP contribution in [0.15, 0.2) is 22.6 Å². The number of thiophene rings is 1. The number of tetrazole rings is 1. The molecule has 2 atom stereocenters. The van der Waals surface area contributed by atoms with Crippen LogP contribution < -0.4 is 0 Å². The number of hydrogen-bond acceptors (Lipinski definition) is 9. The molecule has 0 aliphatic rings. The van der Waals surface area contributed by atoms with Gasteiger partial charge in [0.15, 0.2) is 6.04 Å². The van der Waals surface area contributed by atoms with Crippen LogP contribution in [0.5, 0.6) is 0 Å². The van der Waals surface area contributed by atoms with E-state index in [-0.39, 0.29) is 12.8 Å². The molecule has 0 amide bonds. The standard InChI is InChI=1S/C13H15N7O4S/c1-23-12(21)8(15-18-14)5-6-9(13(22)24-2)20-17-11(16-19-20)10-4-3-7-25-10/h3-4,7-9H,5-6H2,1-2H3. The van der Waals surface area contributed by atoms with Crippen molar-refractivity contribution in [1.82, 2.24) is 20.2 Å². The summed E-state index contributed by atoms with van der Waals surface area (Å²) < 4.78 is 9.34. The molecule has 12 heteroatoms. The number of aromatic nitrogens is 4. The number of hydrogen-bond donors (Lipinski definition) is 0. The molecule has 25 heavy (non-hydrogen) atoms. The van der Waals surface area contributed by atoms with Crippen LogP contribution in [-0.4, -0.2) is 52.4 Å². The van der Waals surface area contributed by atoms with E-state index in [0.29, 0.717) is 5.82 Å². The molecule has 2 aromatic rings. The van der Waals surface area contributed by atoms with Crippen LogP contribution in [0.3, 0.4) is 0 Å². The second-order valence-corrected chi connectivity index (χ2v) is 5.72. The van der Waals surface area contributed by atoms with Crippen molar-refractivity contribution in [2.75, 3.05) is 14.2 Å². The quantitative estimate of drug-likeness (QED) is 0.300. The highest BCUT2D eigenvalue weighted by molar-refractivity contribution is 7.13. The van der Waals surface area contributed by atoms with Gasteiger partial charge in [0.05, 0.1) is 19.1 Å². The van der Waals surface area contributed by atoms with Crippen LogP contribution in [0.4, 0.5) is 0 Å². The van der Waals surface area contributed by atoms with E-state index in [0.717, 1.165) is 9.67 Å². The molecule has 2 aromatic heterocycles. The summed E-state index contributed by atoms with van der Waals surface area (Å²) in [5.74, 6) is -0.907. The average molecular weight is 365 g/mol. The number of esters is 2. The number of azide groups is 1. The van der Waals surface area contributed by atoms with E-state index >= 15 is 0 Å². The Bertz CT molecular complexity index is 769. The molecule has 2 rings (SSSR count). The van der Waals surface area contributed by atoms with Gasteiger partial charge in [0.2, 0.25) is 5.82 Å². The van der Waals surface area contributed by atoms with E-state index in [9.17, 15) is 9.59 Å². The average Bonchev–Trinajstić information content (AvgIpc) is 3.31. The fourth-order valence-electron chi connectivity index (χ4n) is 2.06. The van der Waals surface area contributed by atoms with E-state index in [1.165, 1.54) is 25.6 Å². The monoisotopic (exact) mass is 365 g/mol. The van der Waals surface area contributed by atoms with Crippen molar-refractivity contribution in [2.24, 2.45) is 5.11 Å². The van der Waals surface area contributed by atoms with Crippen molar-refractivity contribution in [1.29, 1.82) is 0 Å². The summed E-state index contributed by atoms with van der Waals surface area (Å²) in [4.78, 5) is 28.2. The number of carbonyl (C=O) groups is 2. The molecule has 0 N–H and O–H groups in total. The van der Waals surface area contributed by atoms with Gasteiger partial charge in [-0.05, 0) is 35.0 Å². The smallest absolute Gasteiger partial charge is 0.332 e. The minimum absolute atomic E-state index is 0.0619. The number of carbonyl (C=O) groups excluding carboxylic acids is 2. The molecule has 132 valence electrons. The highest BCUT2D eigenvalue weighted by Crippen LogP contribution is 2.22. The predicted molar refractivity (Wildman–Crippen MR) is 86.4 cm³/mol. The molecule has 0 aliphatic heterocycles. The molecule has 0 saturated carbocycles. The van der Waals surface area contributed by atoms with Crippen molar-refractivity contribution in [2.45, 2.75) is 24.9 Å². The summed E-state index contributed by atoms with van der Waals surface area (Å²) in [5.41, 5.74) is 8.55. The van der Waals surface area contributed by atoms with Crippen molar-refractivity contribution in [3.8, 4) is 10.7 Å². The van der Waals surface area contributed by atoms with Crippen LogP contribution in [0.25, 0.3) is 21.1 Å². The Morgan fingerprint density at radius 3 is 2.72 bits per heavy atom. The van der Waals surface area contributed by atoms with Crippen molar-refractivity contribution >= 4 is 23.3 Å². The maximum Gasteiger partial charge on any atom is 0.332 e. The number of rotatable bonds is 8. The van der Waals surface area contributed by atoms with Crippen LogP contribution in [0, 0.1) is 0 Å². The summed E-state index contributed by atoms with van der Waals surface area (Å²) in [5, 5.41) is 17.3. The molecule has 0 fully saturated rings. The zero-order valence-corrected chi connectivity index (χ0v) is 14.3. The third-order valence-corrected chi connectivity index (χ3v) is 4.17. The summed E-state index contributed by atoms with van der Waals surface area (Å²) in [7, 11) is 2.42.